The van der Waals surface area contributed by atoms with Gasteiger partial charge in [-0.2, -0.15) is 0 Å². The van der Waals surface area contributed by atoms with Crippen molar-refractivity contribution in [1.29, 1.82) is 0 Å². The van der Waals surface area contributed by atoms with Gasteiger partial charge in [-0.3, -0.25) is 0 Å². The zero-order chi connectivity index (χ0) is 14.4. The Morgan fingerprint density at radius 3 is 2.74 bits per heavy atom. The average Bonchev–Trinajstić information content (AvgIpc) is 2.39. The predicted octanol–water partition coefficient (Wildman–Crippen LogP) is -1.90. The van der Waals surface area contributed by atoms with Crippen LogP contribution in [0.2, 0.25) is 0 Å². The predicted molar refractivity (Wildman–Crippen MR) is 67.1 cm³/mol. The van der Waals surface area contributed by atoms with Crippen molar-refractivity contribution in [2.75, 3.05) is 13.2 Å². The van der Waals surface area contributed by atoms with E-state index in [-0.39, 0.29) is 13.0 Å². The molecule has 1 rings (SSSR count). The zero-order valence-electron chi connectivity index (χ0n) is 10.9. The monoisotopic (exact) mass is 277 g/mol. The second-order valence-electron chi connectivity index (χ2n) is 4.59. The van der Waals surface area contributed by atoms with Gasteiger partial charge in [0.15, 0.2) is 6.29 Å². The highest BCUT2D eigenvalue weighted by atomic mass is 16.7. The number of aliphatic hydroxyl groups is 4. The lowest BCUT2D eigenvalue weighted by Gasteiger charge is -2.36. The first kappa shape index (κ1) is 16.5. The highest BCUT2D eigenvalue weighted by Gasteiger charge is 2.37. The molecule has 0 radical (unpaired) electrons. The van der Waals surface area contributed by atoms with Gasteiger partial charge >= 0.3 is 0 Å². The van der Waals surface area contributed by atoms with E-state index in [2.05, 4.69) is 0 Å². The van der Waals surface area contributed by atoms with Gasteiger partial charge in [-0.1, -0.05) is 12.2 Å². The number of allylic oxidation sites excluding steroid dienone is 1. The molecule has 0 amide bonds. The maximum Gasteiger partial charge on any atom is 0.160 e. The number of hydrogen-bond acceptors (Lipinski definition) is 7. The Kier molecular flexibility index (Phi) is 6.87. The van der Waals surface area contributed by atoms with Crippen molar-refractivity contribution in [2.45, 2.75) is 50.1 Å². The molecule has 1 aliphatic rings. The van der Waals surface area contributed by atoms with Crippen LogP contribution in [0.1, 0.15) is 13.3 Å². The Morgan fingerprint density at radius 1 is 1.47 bits per heavy atom. The first-order chi connectivity index (χ1) is 8.99. The number of nitrogens with two attached hydrogens (primary N) is 1. The maximum absolute atomic E-state index is 9.60. The second kappa shape index (κ2) is 7.91. The van der Waals surface area contributed by atoms with Gasteiger partial charge in [0.25, 0.3) is 0 Å². The van der Waals surface area contributed by atoms with Gasteiger partial charge in [0.05, 0.1) is 31.5 Å². The van der Waals surface area contributed by atoms with Crippen molar-refractivity contribution in [3.05, 3.63) is 12.2 Å². The van der Waals surface area contributed by atoms with E-state index in [1.807, 2.05) is 0 Å². The van der Waals surface area contributed by atoms with Crippen molar-refractivity contribution in [2.24, 2.45) is 5.73 Å². The fourth-order valence-electron chi connectivity index (χ4n) is 1.83. The van der Waals surface area contributed by atoms with Crippen LogP contribution in [0.3, 0.4) is 0 Å². The third-order valence-electron chi connectivity index (χ3n) is 3.02. The smallest absolute Gasteiger partial charge is 0.160 e. The summed E-state index contributed by atoms with van der Waals surface area (Å²) in [6.45, 7) is 1.40. The zero-order valence-corrected chi connectivity index (χ0v) is 10.9. The van der Waals surface area contributed by atoms with Gasteiger partial charge in [-0.15, -0.1) is 0 Å². The van der Waals surface area contributed by atoms with Crippen LogP contribution in [0.4, 0.5) is 0 Å². The Balaban J connectivity index is 2.41. The van der Waals surface area contributed by atoms with Gasteiger partial charge in [0, 0.05) is 6.42 Å². The molecule has 6 atom stereocenters. The molecule has 4 unspecified atom stereocenters. The molecule has 1 heterocycles. The highest BCUT2D eigenvalue weighted by Crippen LogP contribution is 2.21. The molecule has 0 bridgehead atoms. The molecule has 1 aliphatic heterocycles. The molecule has 0 aliphatic carbocycles. The minimum atomic E-state index is -1.13. The number of ether oxygens (including phenoxy) is 2. The molecule has 1 fully saturated rings. The van der Waals surface area contributed by atoms with Crippen LogP contribution >= 0.6 is 0 Å². The lowest BCUT2D eigenvalue weighted by molar-refractivity contribution is -0.258. The Bertz CT molecular complexity index is 287. The molecule has 0 aromatic rings. The summed E-state index contributed by atoms with van der Waals surface area (Å²) >= 11 is 0. The van der Waals surface area contributed by atoms with Crippen molar-refractivity contribution in [3.8, 4) is 0 Å². The van der Waals surface area contributed by atoms with E-state index >= 15 is 0 Å². The van der Waals surface area contributed by atoms with E-state index in [0.29, 0.717) is 0 Å². The normalized spacial score (nSPS) is 35.5. The van der Waals surface area contributed by atoms with Gasteiger partial charge < -0.3 is 35.6 Å². The Morgan fingerprint density at radius 2 is 2.16 bits per heavy atom. The van der Waals surface area contributed by atoms with Crippen LogP contribution in [0.25, 0.3) is 0 Å². The van der Waals surface area contributed by atoms with Gasteiger partial charge in [-0.05, 0) is 6.92 Å². The van der Waals surface area contributed by atoms with Crippen LogP contribution in [0, 0.1) is 0 Å². The summed E-state index contributed by atoms with van der Waals surface area (Å²) < 4.78 is 10.6. The van der Waals surface area contributed by atoms with Crippen LogP contribution in [-0.2, 0) is 9.47 Å². The maximum atomic E-state index is 9.60. The van der Waals surface area contributed by atoms with Gasteiger partial charge in [-0.25, -0.2) is 0 Å². The molecule has 7 heteroatoms. The lowest BCUT2D eigenvalue weighted by Crippen LogP contribution is -2.51. The van der Waals surface area contributed by atoms with E-state index in [4.69, 9.17) is 20.3 Å². The molecule has 1 saturated heterocycles. The molecular weight excluding hydrogens is 254 g/mol. The average molecular weight is 277 g/mol. The summed E-state index contributed by atoms with van der Waals surface area (Å²) in [5.74, 6) is 0. The molecule has 6 N–H and O–H groups in total. The van der Waals surface area contributed by atoms with Gasteiger partial charge in [0.1, 0.15) is 12.2 Å². The van der Waals surface area contributed by atoms with Crippen molar-refractivity contribution in [1.82, 2.24) is 0 Å². The van der Waals surface area contributed by atoms with E-state index in [9.17, 15) is 15.3 Å². The highest BCUT2D eigenvalue weighted by molar-refractivity contribution is 4.92. The molecule has 0 spiro atoms. The first-order valence-electron chi connectivity index (χ1n) is 6.30. The van der Waals surface area contributed by atoms with E-state index in [1.54, 1.807) is 19.1 Å². The SMILES string of the molecule is C/C=C/[C@@H](O)[C@@H](N)COC1CC(O)C(O)C(CO)O1. The van der Waals surface area contributed by atoms with E-state index in [0.717, 1.165) is 0 Å². The van der Waals surface area contributed by atoms with E-state index in [1.165, 1.54) is 0 Å². The Hall–Kier alpha value is -0.540. The van der Waals surface area contributed by atoms with Crippen LogP contribution < -0.4 is 5.73 Å². The summed E-state index contributed by atoms with van der Waals surface area (Å²) in [6, 6.07) is -0.614. The van der Waals surface area contributed by atoms with E-state index < -0.39 is 43.4 Å². The fraction of sp³-hybridized carbons (Fsp3) is 0.833. The van der Waals surface area contributed by atoms with Crippen LogP contribution in [0.15, 0.2) is 12.2 Å². The lowest BCUT2D eigenvalue weighted by atomic mass is 10.0. The standard InChI is InChI=1S/C12H23NO6/c1-2-3-8(15)7(13)6-18-11-4-9(16)12(17)10(5-14)19-11/h2-3,7-12,14-17H,4-6,13H2,1H3/b3-2+/t7-,8+,9?,10?,11?,12?/m0/s1. The molecule has 0 aromatic heterocycles. The quantitative estimate of drug-likeness (QED) is 0.359. The summed E-state index contributed by atoms with van der Waals surface area (Å²) in [5, 5.41) is 37.7. The molecule has 7 nitrogen and oxygen atoms in total. The van der Waals surface area contributed by atoms with Crippen LogP contribution in [-0.4, -0.2) is 70.4 Å². The fourth-order valence-corrected chi connectivity index (χ4v) is 1.83. The minimum Gasteiger partial charge on any atom is -0.394 e. The largest absolute Gasteiger partial charge is 0.394 e. The molecular formula is C12H23NO6. The minimum absolute atomic E-state index is 0.0388. The Labute approximate surface area is 112 Å². The van der Waals surface area contributed by atoms with Crippen molar-refractivity contribution < 1.29 is 29.9 Å². The topological polar surface area (TPSA) is 125 Å². The number of hydrogen-bond donors (Lipinski definition) is 5. The van der Waals surface area contributed by atoms with Crippen molar-refractivity contribution >= 4 is 0 Å². The number of aliphatic hydroxyl groups excluding tert-OH is 4. The molecule has 112 valence electrons. The summed E-state index contributed by atoms with van der Waals surface area (Å²) in [6.07, 6.45) is -1.30. The third kappa shape index (κ3) is 4.81. The molecule has 0 saturated carbocycles. The molecule has 0 aromatic carbocycles. The van der Waals surface area contributed by atoms with Gasteiger partial charge in [0.2, 0.25) is 0 Å². The number of rotatable bonds is 6. The third-order valence-corrected chi connectivity index (χ3v) is 3.02. The first-order valence-corrected chi connectivity index (χ1v) is 6.30. The summed E-state index contributed by atoms with van der Waals surface area (Å²) in [7, 11) is 0. The summed E-state index contributed by atoms with van der Waals surface area (Å²) in [5.41, 5.74) is 5.71. The summed E-state index contributed by atoms with van der Waals surface area (Å²) in [4.78, 5) is 0. The molecule has 19 heavy (non-hydrogen) atoms. The van der Waals surface area contributed by atoms with Crippen LogP contribution in [0.5, 0.6) is 0 Å². The van der Waals surface area contributed by atoms with Crippen molar-refractivity contribution in [3.63, 3.8) is 0 Å². The second-order valence-corrected chi connectivity index (χ2v) is 4.59.